The number of nitrogens with zero attached hydrogens (tertiary/aromatic N) is 1. The molecule has 0 bridgehead atoms. The van der Waals surface area contributed by atoms with Crippen LogP contribution in [0.25, 0.3) is 0 Å². The minimum Gasteiger partial charge on any atom is -0.454 e. The first-order chi connectivity index (χ1) is 16.4. The molecule has 1 N–H and O–H groups in total. The fourth-order valence-electron chi connectivity index (χ4n) is 4.48. The number of fused-ring (bicyclic) bond motifs is 1. The maximum atomic E-state index is 13.4. The van der Waals surface area contributed by atoms with Gasteiger partial charge in [-0.3, -0.25) is 9.59 Å². The summed E-state index contributed by atoms with van der Waals surface area (Å²) in [7, 11) is 0. The Morgan fingerprint density at radius 2 is 1.74 bits per heavy atom. The number of hydrogen-bond acceptors (Lipinski definition) is 4. The Bertz CT molecular complexity index is 1040. The van der Waals surface area contributed by atoms with Crippen molar-refractivity contribution in [3.05, 3.63) is 57.6 Å². The Labute approximate surface area is 210 Å². The summed E-state index contributed by atoms with van der Waals surface area (Å²) >= 11 is 12.3. The van der Waals surface area contributed by atoms with Crippen molar-refractivity contribution in [3.63, 3.8) is 0 Å². The highest BCUT2D eigenvalue weighted by molar-refractivity contribution is 6.42. The number of rotatable bonds is 8. The number of carbonyl (C=O) groups excluding carboxylic acids is 2. The Morgan fingerprint density at radius 1 is 1.00 bits per heavy atom. The number of aryl methyl sites for hydroxylation is 1. The van der Waals surface area contributed by atoms with E-state index in [1.54, 1.807) is 24.0 Å². The van der Waals surface area contributed by atoms with E-state index in [4.69, 9.17) is 32.7 Å². The standard InChI is InChI=1S/C26H30Cl2N2O4/c1-17(26(32)29-20-5-3-2-4-6-20)30(15-19-7-10-21(27)22(28)13-19)25(31)12-9-18-8-11-23-24(14-18)34-16-33-23/h7-8,10-11,13-14,17,20H,2-6,9,12,15-16H2,1H3,(H,29,32)/t17-/m0/s1. The molecule has 2 amide bonds. The van der Waals surface area contributed by atoms with E-state index in [2.05, 4.69) is 5.32 Å². The number of halogens is 2. The number of ether oxygens (including phenoxy) is 2. The van der Waals surface area contributed by atoms with E-state index in [1.165, 1.54) is 6.42 Å². The van der Waals surface area contributed by atoms with Gasteiger partial charge in [-0.25, -0.2) is 0 Å². The van der Waals surface area contributed by atoms with Crippen LogP contribution in [0.15, 0.2) is 36.4 Å². The monoisotopic (exact) mass is 504 g/mol. The fourth-order valence-corrected chi connectivity index (χ4v) is 4.80. The Kier molecular flexibility index (Phi) is 8.22. The molecule has 0 unspecified atom stereocenters. The molecule has 2 aromatic carbocycles. The van der Waals surface area contributed by atoms with E-state index < -0.39 is 6.04 Å². The maximum absolute atomic E-state index is 13.4. The average Bonchev–Trinajstić information content (AvgIpc) is 3.31. The van der Waals surface area contributed by atoms with Crippen molar-refractivity contribution in [1.29, 1.82) is 0 Å². The molecule has 0 radical (unpaired) electrons. The topological polar surface area (TPSA) is 67.9 Å². The van der Waals surface area contributed by atoms with E-state index in [9.17, 15) is 9.59 Å². The van der Waals surface area contributed by atoms with Gasteiger partial charge in [0.25, 0.3) is 0 Å². The van der Waals surface area contributed by atoms with Crippen molar-refractivity contribution < 1.29 is 19.1 Å². The van der Waals surface area contributed by atoms with E-state index in [0.717, 1.165) is 36.8 Å². The molecular weight excluding hydrogens is 475 g/mol. The second kappa shape index (κ2) is 11.3. The van der Waals surface area contributed by atoms with Crippen LogP contribution in [-0.4, -0.2) is 35.6 Å². The first-order valence-corrected chi connectivity index (χ1v) is 12.6. The van der Waals surface area contributed by atoms with Crippen molar-refractivity contribution >= 4 is 35.0 Å². The fraction of sp³-hybridized carbons (Fsp3) is 0.462. The average molecular weight is 505 g/mol. The first-order valence-electron chi connectivity index (χ1n) is 11.8. The van der Waals surface area contributed by atoms with Gasteiger partial charge in [-0.2, -0.15) is 0 Å². The van der Waals surface area contributed by atoms with Crippen molar-refractivity contribution in [1.82, 2.24) is 10.2 Å². The summed E-state index contributed by atoms with van der Waals surface area (Å²) in [6.45, 7) is 2.27. The van der Waals surface area contributed by atoms with Gasteiger partial charge in [0.1, 0.15) is 6.04 Å². The molecule has 8 heteroatoms. The molecule has 1 aliphatic carbocycles. The van der Waals surface area contributed by atoms with Crippen LogP contribution >= 0.6 is 23.2 Å². The van der Waals surface area contributed by atoms with E-state index in [1.807, 2.05) is 24.3 Å². The highest BCUT2D eigenvalue weighted by atomic mass is 35.5. The van der Waals surface area contributed by atoms with Gasteiger partial charge in [-0.15, -0.1) is 0 Å². The van der Waals surface area contributed by atoms with Gasteiger partial charge >= 0.3 is 0 Å². The van der Waals surface area contributed by atoms with Gasteiger partial charge < -0.3 is 19.7 Å². The predicted octanol–water partition coefficient (Wildman–Crippen LogP) is 5.52. The second-order valence-electron chi connectivity index (χ2n) is 8.98. The zero-order chi connectivity index (χ0) is 24.1. The molecule has 0 saturated heterocycles. The molecule has 1 aliphatic heterocycles. The normalized spacial score (nSPS) is 16.2. The third-order valence-electron chi connectivity index (χ3n) is 6.52. The van der Waals surface area contributed by atoms with Crippen LogP contribution in [0.5, 0.6) is 11.5 Å². The molecule has 6 nitrogen and oxygen atoms in total. The van der Waals surface area contributed by atoms with Crippen LogP contribution in [0.3, 0.4) is 0 Å². The van der Waals surface area contributed by atoms with Gasteiger partial charge in [-0.1, -0.05) is 54.6 Å². The van der Waals surface area contributed by atoms with Crippen molar-refractivity contribution in [2.24, 2.45) is 0 Å². The maximum Gasteiger partial charge on any atom is 0.242 e. The van der Waals surface area contributed by atoms with Gasteiger partial charge in [0.2, 0.25) is 18.6 Å². The highest BCUT2D eigenvalue weighted by Gasteiger charge is 2.28. The molecule has 0 spiro atoms. The summed E-state index contributed by atoms with van der Waals surface area (Å²) < 4.78 is 10.8. The number of carbonyl (C=O) groups is 2. The molecule has 1 heterocycles. The molecule has 34 heavy (non-hydrogen) atoms. The summed E-state index contributed by atoms with van der Waals surface area (Å²) in [6, 6.07) is 10.5. The lowest BCUT2D eigenvalue weighted by Gasteiger charge is -2.31. The summed E-state index contributed by atoms with van der Waals surface area (Å²) in [5.41, 5.74) is 1.80. The molecular formula is C26H30Cl2N2O4. The van der Waals surface area contributed by atoms with Crippen LogP contribution in [0.4, 0.5) is 0 Å². The number of benzene rings is 2. The lowest BCUT2D eigenvalue weighted by Crippen LogP contribution is -2.50. The summed E-state index contributed by atoms with van der Waals surface area (Å²) in [6.07, 6.45) is 6.24. The van der Waals surface area contributed by atoms with E-state index >= 15 is 0 Å². The zero-order valence-electron chi connectivity index (χ0n) is 19.3. The van der Waals surface area contributed by atoms with Crippen LogP contribution in [-0.2, 0) is 22.6 Å². The van der Waals surface area contributed by atoms with Crippen molar-refractivity contribution in [2.45, 2.75) is 70.5 Å². The SMILES string of the molecule is C[C@@H](C(=O)NC1CCCCC1)N(Cc1ccc(Cl)c(Cl)c1)C(=O)CCc1ccc2c(c1)OCO2. The lowest BCUT2D eigenvalue weighted by molar-refractivity contribution is -0.141. The summed E-state index contributed by atoms with van der Waals surface area (Å²) in [5.74, 6) is 1.18. The van der Waals surface area contributed by atoms with Gasteiger partial charge in [0, 0.05) is 19.0 Å². The number of hydrogen-bond donors (Lipinski definition) is 1. The zero-order valence-corrected chi connectivity index (χ0v) is 20.8. The smallest absolute Gasteiger partial charge is 0.242 e. The summed E-state index contributed by atoms with van der Waals surface area (Å²) in [4.78, 5) is 28.1. The quantitative estimate of drug-likeness (QED) is 0.513. The van der Waals surface area contributed by atoms with E-state index in [0.29, 0.717) is 28.0 Å². The van der Waals surface area contributed by atoms with Gasteiger partial charge in [0.05, 0.1) is 10.0 Å². The molecule has 1 fully saturated rings. The van der Waals surface area contributed by atoms with E-state index in [-0.39, 0.29) is 37.6 Å². The largest absolute Gasteiger partial charge is 0.454 e. The minimum atomic E-state index is -0.611. The van der Waals surface area contributed by atoms with Gasteiger partial charge in [-0.05, 0) is 61.6 Å². The van der Waals surface area contributed by atoms with Crippen LogP contribution in [0.1, 0.15) is 56.6 Å². The summed E-state index contributed by atoms with van der Waals surface area (Å²) in [5, 5.41) is 4.03. The molecule has 4 rings (SSSR count). The Morgan fingerprint density at radius 3 is 2.50 bits per heavy atom. The molecule has 2 aromatic rings. The van der Waals surface area contributed by atoms with Gasteiger partial charge in [0.15, 0.2) is 11.5 Å². The molecule has 1 atom stereocenters. The minimum absolute atomic E-state index is 0.102. The predicted molar refractivity (Wildman–Crippen MR) is 132 cm³/mol. The third-order valence-corrected chi connectivity index (χ3v) is 7.26. The van der Waals surface area contributed by atoms with Crippen molar-refractivity contribution in [2.75, 3.05) is 6.79 Å². The lowest BCUT2D eigenvalue weighted by atomic mass is 9.95. The number of nitrogens with one attached hydrogen (secondary N) is 1. The first kappa shape index (κ1) is 24.7. The Hall–Kier alpha value is -2.44. The number of amides is 2. The molecule has 2 aliphatic rings. The second-order valence-corrected chi connectivity index (χ2v) is 9.79. The van der Waals surface area contributed by atoms with Crippen LogP contribution in [0.2, 0.25) is 10.0 Å². The molecule has 0 aromatic heterocycles. The van der Waals surface area contributed by atoms with Crippen molar-refractivity contribution in [3.8, 4) is 11.5 Å². The highest BCUT2D eigenvalue weighted by Crippen LogP contribution is 2.33. The molecule has 182 valence electrons. The Balaban J connectivity index is 1.46. The van der Waals surface area contributed by atoms with Crippen LogP contribution < -0.4 is 14.8 Å². The molecule has 1 saturated carbocycles. The third kappa shape index (κ3) is 6.16. The van der Waals surface area contributed by atoms with Crippen LogP contribution in [0, 0.1) is 0 Å².